The van der Waals surface area contributed by atoms with Crippen LogP contribution < -0.4 is 5.32 Å². The number of allylic oxidation sites excluding steroid dienone is 2. The number of aliphatic hydroxyl groups excluding tert-OH is 3. The Bertz CT molecular complexity index is 1300. The molecular weight excluding hydrogens is 598 g/mol. The second-order valence-electron chi connectivity index (χ2n) is 18.8. The summed E-state index contributed by atoms with van der Waals surface area (Å²) in [7, 11) is 0. The summed E-state index contributed by atoms with van der Waals surface area (Å²) in [5, 5.41) is 44.6. The van der Waals surface area contributed by atoms with E-state index in [0.29, 0.717) is 11.8 Å². The number of aliphatic hydroxyl groups is 3. The summed E-state index contributed by atoms with van der Waals surface area (Å²) in [5.74, 6) is -0.0690. The van der Waals surface area contributed by atoms with E-state index in [1.807, 2.05) is 0 Å². The second kappa shape index (κ2) is 11.5. The van der Waals surface area contributed by atoms with E-state index in [0.717, 1.165) is 64.2 Å². The van der Waals surface area contributed by atoms with Crippen molar-refractivity contribution in [3.05, 3.63) is 11.6 Å². The van der Waals surface area contributed by atoms with Crippen molar-refractivity contribution in [1.29, 1.82) is 0 Å². The van der Waals surface area contributed by atoms with Gasteiger partial charge in [-0.05, 0) is 109 Å². The van der Waals surface area contributed by atoms with E-state index in [-0.39, 0.29) is 45.0 Å². The van der Waals surface area contributed by atoms with Crippen LogP contribution in [0.15, 0.2) is 11.6 Å². The summed E-state index contributed by atoms with van der Waals surface area (Å²) in [6.45, 7) is 17.9. The molecule has 5 fully saturated rings. The molecule has 0 aromatic carbocycles. The van der Waals surface area contributed by atoms with Crippen molar-refractivity contribution in [3.63, 3.8) is 0 Å². The maximum atomic E-state index is 13.0. The Kier molecular flexibility index (Phi) is 8.65. The Morgan fingerprint density at radius 3 is 2.30 bits per heavy atom. The summed E-state index contributed by atoms with van der Waals surface area (Å²) < 4.78 is 12.5. The quantitative estimate of drug-likeness (QED) is 0.200. The van der Waals surface area contributed by atoms with Crippen molar-refractivity contribution in [2.45, 2.75) is 156 Å². The lowest BCUT2D eigenvalue weighted by Crippen LogP contribution is -2.67. The first-order valence-electron chi connectivity index (χ1n) is 18.2. The molecule has 1 aliphatic heterocycles. The van der Waals surface area contributed by atoms with Gasteiger partial charge in [0.2, 0.25) is 5.91 Å². The van der Waals surface area contributed by atoms with Gasteiger partial charge in [-0.25, -0.2) is 0 Å². The van der Waals surface area contributed by atoms with Gasteiger partial charge in [0.25, 0.3) is 0 Å². The van der Waals surface area contributed by atoms with E-state index in [1.54, 1.807) is 0 Å². The highest BCUT2D eigenvalue weighted by molar-refractivity contribution is 5.76. The van der Waals surface area contributed by atoms with E-state index in [4.69, 9.17) is 9.47 Å². The number of carbonyl (C=O) groups excluding carboxylic acids is 1. The van der Waals surface area contributed by atoms with Crippen LogP contribution in [0.4, 0.5) is 0 Å². The fraction of sp³-hybridized carbons (Fsp3) is 0.895. The SMILES string of the molecule is CC(=O)N[C@H]1[C@H](O[C@H]2CC[C@@]3(C)C(C2)C(C)(C)C[C@]2(C)C3CC=C3C4CC(C)(C)CC[C@]4(C(=O)O)CC[C@]32C)O[C@H](CO)[C@@H](O)[C@@H]1O. The molecule has 9 nitrogen and oxygen atoms in total. The van der Waals surface area contributed by atoms with Crippen molar-refractivity contribution >= 4 is 11.9 Å². The molecule has 0 radical (unpaired) electrons. The zero-order chi connectivity index (χ0) is 34.5. The molecule has 5 aliphatic carbocycles. The molecule has 5 N–H and O–H groups in total. The van der Waals surface area contributed by atoms with Gasteiger partial charge in [-0.15, -0.1) is 0 Å². The van der Waals surface area contributed by atoms with Crippen molar-refractivity contribution in [2.75, 3.05) is 6.61 Å². The van der Waals surface area contributed by atoms with Gasteiger partial charge >= 0.3 is 5.97 Å². The van der Waals surface area contributed by atoms with E-state index in [9.17, 15) is 30.0 Å². The van der Waals surface area contributed by atoms with Crippen LogP contribution in [0.1, 0.15) is 120 Å². The first-order chi connectivity index (χ1) is 21.7. The number of carboxylic acid groups (broad SMARTS) is 1. The molecule has 3 unspecified atom stereocenters. The third kappa shape index (κ3) is 5.26. The van der Waals surface area contributed by atoms with Crippen LogP contribution in [0, 0.1) is 50.2 Å². The lowest BCUT2D eigenvalue weighted by atomic mass is 9.32. The normalized spacial score (nSPS) is 50.1. The molecule has 1 heterocycles. The van der Waals surface area contributed by atoms with E-state index in [2.05, 4.69) is 59.9 Å². The third-order valence-electron chi connectivity index (χ3n) is 15.2. The molecule has 0 bridgehead atoms. The van der Waals surface area contributed by atoms with E-state index in [1.165, 1.54) is 12.5 Å². The van der Waals surface area contributed by atoms with E-state index < -0.39 is 48.6 Å². The fourth-order valence-electron chi connectivity index (χ4n) is 12.7. The lowest BCUT2D eigenvalue weighted by Gasteiger charge is -2.72. The van der Waals surface area contributed by atoms with Gasteiger partial charge in [0.1, 0.15) is 24.4 Å². The molecule has 1 amide bonds. The molecule has 13 atom stereocenters. The van der Waals surface area contributed by atoms with E-state index >= 15 is 0 Å². The monoisotopic (exact) mass is 659 g/mol. The Morgan fingerprint density at radius 2 is 1.66 bits per heavy atom. The zero-order valence-electron chi connectivity index (χ0n) is 30.0. The second-order valence-corrected chi connectivity index (χ2v) is 18.8. The summed E-state index contributed by atoms with van der Waals surface area (Å²) in [4.78, 5) is 25.0. The first kappa shape index (κ1) is 35.3. The minimum absolute atomic E-state index is 0.0172. The molecule has 9 heteroatoms. The van der Waals surface area contributed by atoms with Crippen LogP contribution in [0.5, 0.6) is 0 Å². The van der Waals surface area contributed by atoms with Crippen LogP contribution in [-0.4, -0.2) is 75.7 Å². The topological polar surface area (TPSA) is 146 Å². The van der Waals surface area contributed by atoms with Crippen LogP contribution in [0.25, 0.3) is 0 Å². The number of carboxylic acids is 1. The Hall–Kier alpha value is -1.52. The standard InChI is InChI=1S/C38H61NO8/c1-21(41)39-28-30(43)29(42)25(19-40)47-31(28)46-22-11-12-35(6)26-10-9-23-24-18-33(2,3)13-15-38(24,32(44)45)16-14-36(23,7)37(26,8)20-34(4,5)27(35)17-22/h9,22,24-31,40,42-43H,10-20H2,1-8H3,(H,39,41)(H,44,45)/t22-,24?,25+,26?,27?,28+,29+,30+,31+,35+,36+,37+,38-/m0/s1. The average molecular weight is 660 g/mol. The number of carbonyl (C=O) groups is 2. The third-order valence-corrected chi connectivity index (χ3v) is 15.2. The van der Waals surface area contributed by atoms with Crippen molar-refractivity contribution < 1.29 is 39.5 Å². The van der Waals surface area contributed by atoms with Gasteiger partial charge in [0.15, 0.2) is 6.29 Å². The van der Waals surface area contributed by atoms with Crippen molar-refractivity contribution in [3.8, 4) is 0 Å². The minimum atomic E-state index is -1.34. The molecule has 6 aliphatic rings. The number of hydrogen-bond acceptors (Lipinski definition) is 7. The highest BCUT2D eigenvalue weighted by atomic mass is 16.7. The van der Waals surface area contributed by atoms with Gasteiger partial charge in [0.05, 0.1) is 18.1 Å². The van der Waals surface area contributed by atoms with Crippen LogP contribution >= 0.6 is 0 Å². The molecule has 0 spiro atoms. The van der Waals surface area contributed by atoms with Gasteiger partial charge in [-0.1, -0.05) is 60.1 Å². The van der Waals surface area contributed by atoms with Gasteiger partial charge in [0, 0.05) is 6.92 Å². The number of amides is 1. The highest BCUT2D eigenvalue weighted by Crippen LogP contribution is 2.77. The van der Waals surface area contributed by atoms with Crippen LogP contribution in [0.3, 0.4) is 0 Å². The summed E-state index contributed by atoms with van der Waals surface area (Å²) in [6, 6.07) is -0.947. The minimum Gasteiger partial charge on any atom is -0.481 e. The van der Waals surface area contributed by atoms with Crippen molar-refractivity contribution in [1.82, 2.24) is 5.32 Å². The maximum Gasteiger partial charge on any atom is 0.310 e. The molecular formula is C38H61NO8. The number of fused-ring (bicyclic) bond motifs is 7. The predicted octanol–water partition coefficient (Wildman–Crippen LogP) is 5.20. The Morgan fingerprint density at radius 1 is 0.979 bits per heavy atom. The van der Waals surface area contributed by atoms with Gasteiger partial charge in [-0.3, -0.25) is 9.59 Å². The first-order valence-corrected chi connectivity index (χ1v) is 18.2. The predicted molar refractivity (Wildman–Crippen MR) is 177 cm³/mol. The molecule has 0 aromatic heterocycles. The van der Waals surface area contributed by atoms with Gasteiger partial charge < -0.3 is 35.2 Å². The van der Waals surface area contributed by atoms with Crippen LogP contribution in [0.2, 0.25) is 0 Å². The number of aliphatic carboxylic acids is 1. The molecule has 4 saturated carbocycles. The Labute approximate surface area is 281 Å². The molecule has 266 valence electrons. The summed E-state index contributed by atoms with van der Waals surface area (Å²) >= 11 is 0. The maximum absolute atomic E-state index is 13.0. The largest absolute Gasteiger partial charge is 0.481 e. The summed E-state index contributed by atoms with van der Waals surface area (Å²) in [5.41, 5.74) is 0.896. The molecule has 47 heavy (non-hydrogen) atoms. The zero-order valence-corrected chi connectivity index (χ0v) is 30.0. The molecule has 6 rings (SSSR count). The lowest BCUT2D eigenvalue weighted by molar-refractivity contribution is -0.293. The highest BCUT2D eigenvalue weighted by Gasteiger charge is 2.70. The molecule has 1 saturated heterocycles. The van der Waals surface area contributed by atoms with Crippen molar-refractivity contribution in [2.24, 2.45) is 50.2 Å². The number of rotatable bonds is 5. The molecule has 0 aromatic rings. The number of hydrogen-bond donors (Lipinski definition) is 5. The summed E-state index contributed by atoms with van der Waals surface area (Å²) in [6.07, 6.45) is 6.63. The smallest absolute Gasteiger partial charge is 0.310 e. The van der Waals surface area contributed by atoms with Crippen LogP contribution in [-0.2, 0) is 19.1 Å². The number of ether oxygens (including phenoxy) is 2. The average Bonchev–Trinajstić information content (AvgIpc) is 2.97. The fourth-order valence-corrected chi connectivity index (χ4v) is 12.7. The van der Waals surface area contributed by atoms with Gasteiger partial charge in [-0.2, -0.15) is 0 Å². The number of nitrogens with one attached hydrogen (secondary N) is 1. The Balaban J connectivity index is 1.29.